The van der Waals surface area contributed by atoms with Crippen LogP contribution in [0.2, 0.25) is 0 Å². The van der Waals surface area contributed by atoms with E-state index in [4.69, 9.17) is 14.2 Å². The number of hydrogen-bond donors (Lipinski definition) is 1. The predicted octanol–water partition coefficient (Wildman–Crippen LogP) is 2.78. The molecule has 2 aromatic carbocycles. The van der Waals surface area contributed by atoms with E-state index in [1.165, 1.54) is 7.11 Å². The third kappa shape index (κ3) is 4.47. The van der Waals surface area contributed by atoms with Gasteiger partial charge in [-0.2, -0.15) is 0 Å². The Labute approximate surface area is 136 Å². The Morgan fingerprint density at radius 1 is 0.957 bits per heavy atom. The maximum Gasteiger partial charge on any atom is 0.255 e. The zero-order chi connectivity index (χ0) is 16.7. The fourth-order valence-corrected chi connectivity index (χ4v) is 2.18. The summed E-state index contributed by atoms with van der Waals surface area (Å²) in [5.41, 5.74) is 2.59. The van der Waals surface area contributed by atoms with Crippen molar-refractivity contribution in [2.24, 2.45) is 0 Å². The summed E-state index contributed by atoms with van der Waals surface area (Å²) in [5, 5.41) is 2.89. The van der Waals surface area contributed by atoms with Gasteiger partial charge in [0.1, 0.15) is 11.5 Å². The fourth-order valence-electron chi connectivity index (χ4n) is 2.18. The molecule has 0 saturated heterocycles. The molecule has 5 nitrogen and oxygen atoms in total. The van der Waals surface area contributed by atoms with Crippen LogP contribution in [0.5, 0.6) is 11.5 Å². The predicted molar refractivity (Wildman–Crippen MR) is 87.9 cm³/mol. The van der Waals surface area contributed by atoms with E-state index < -0.39 is 0 Å². The van der Waals surface area contributed by atoms with Gasteiger partial charge in [0.25, 0.3) is 5.91 Å². The first-order valence-electron chi connectivity index (χ1n) is 7.25. The number of ether oxygens (including phenoxy) is 3. The van der Waals surface area contributed by atoms with Crippen LogP contribution in [0, 0.1) is 0 Å². The summed E-state index contributed by atoms with van der Waals surface area (Å²) in [4.78, 5) is 12.3. The van der Waals surface area contributed by atoms with Crippen molar-refractivity contribution in [3.05, 3.63) is 59.2 Å². The van der Waals surface area contributed by atoms with Crippen LogP contribution in [-0.4, -0.2) is 27.2 Å². The summed E-state index contributed by atoms with van der Waals surface area (Å²) in [6.07, 6.45) is 0. The molecule has 0 aliphatic heterocycles. The monoisotopic (exact) mass is 315 g/mol. The van der Waals surface area contributed by atoms with Crippen molar-refractivity contribution in [1.82, 2.24) is 5.32 Å². The van der Waals surface area contributed by atoms with Crippen molar-refractivity contribution >= 4 is 5.91 Å². The highest BCUT2D eigenvalue weighted by Crippen LogP contribution is 2.24. The first-order chi connectivity index (χ1) is 11.2. The highest BCUT2D eigenvalue weighted by molar-refractivity contribution is 5.97. The lowest BCUT2D eigenvalue weighted by molar-refractivity contribution is 0.0948. The first kappa shape index (κ1) is 16.8. The molecule has 0 heterocycles. The van der Waals surface area contributed by atoms with Gasteiger partial charge in [-0.1, -0.05) is 24.3 Å². The van der Waals surface area contributed by atoms with Crippen molar-refractivity contribution in [2.75, 3.05) is 21.3 Å². The van der Waals surface area contributed by atoms with Crippen molar-refractivity contribution in [2.45, 2.75) is 13.2 Å². The van der Waals surface area contributed by atoms with Gasteiger partial charge in [-0.05, 0) is 23.3 Å². The molecule has 23 heavy (non-hydrogen) atoms. The molecule has 1 N–H and O–H groups in total. The smallest absolute Gasteiger partial charge is 0.255 e. The van der Waals surface area contributed by atoms with E-state index in [1.54, 1.807) is 32.4 Å². The molecule has 0 atom stereocenters. The maximum atomic E-state index is 12.3. The molecule has 0 bridgehead atoms. The number of benzene rings is 2. The second-order valence-corrected chi connectivity index (χ2v) is 5.00. The van der Waals surface area contributed by atoms with Crippen LogP contribution in [0.1, 0.15) is 21.5 Å². The standard InChI is InChI=1S/C18H21NO4/c1-21-12-14-6-4-13(5-7-14)11-19-18(20)16-9-8-15(22-2)10-17(16)23-3/h4-10H,11-12H2,1-3H3,(H,19,20). The summed E-state index contributed by atoms with van der Waals surface area (Å²) in [7, 11) is 4.76. The van der Waals surface area contributed by atoms with Gasteiger partial charge in [-0.15, -0.1) is 0 Å². The van der Waals surface area contributed by atoms with Gasteiger partial charge in [0.05, 0.1) is 26.4 Å². The summed E-state index contributed by atoms with van der Waals surface area (Å²) < 4.78 is 15.5. The van der Waals surface area contributed by atoms with Gasteiger partial charge in [-0.3, -0.25) is 4.79 Å². The number of carbonyl (C=O) groups excluding carboxylic acids is 1. The van der Waals surface area contributed by atoms with Crippen LogP contribution in [0.25, 0.3) is 0 Å². The number of hydrogen-bond acceptors (Lipinski definition) is 4. The van der Waals surface area contributed by atoms with Gasteiger partial charge in [0.15, 0.2) is 0 Å². The van der Waals surface area contributed by atoms with Crippen molar-refractivity contribution in [3.8, 4) is 11.5 Å². The zero-order valence-corrected chi connectivity index (χ0v) is 13.6. The van der Waals surface area contributed by atoms with Crippen LogP contribution >= 0.6 is 0 Å². The molecule has 0 aliphatic carbocycles. The van der Waals surface area contributed by atoms with Crippen LogP contribution in [0.4, 0.5) is 0 Å². The molecule has 0 saturated carbocycles. The van der Waals surface area contributed by atoms with Crippen molar-refractivity contribution < 1.29 is 19.0 Å². The van der Waals surface area contributed by atoms with E-state index in [-0.39, 0.29) is 5.91 Å². The van der Waals surface area contributed by atoms with Gasteiger partial charge < -0.3 is 19.5 Å². The maximum absolute atomic E-state index is 12.3. The average Bonchev–Trinajstić information content (AvgIpc) is 2.60. The Morgan fingerprint density at radius 2 is 1.65 bits per heavy atom. The molecule has 5 heteroatoms. The molecule has 0 aliphatic rings. The Morgan fingerprint density at radius 3 is 2.26 bits per heavy atom. The summed E-state index contributed by atoms with van der Waals surface area (Å²) >= 11 is 0. The van der Waals surface area contributed by atoms with Crippen LogP contribution in [0.3, 0.4) is 0 Å². The number of carbonyl (C=O) groups is 1. The Kier molecular flexibility index (Phi) is 6.00. The number of methoxy groups -OCH3 is 3. The lowest BCUT2D eigenvalue weighted by Crippen LogP contribution is -2.23. The van der Waals surface area contributed by atoms with Crippen LogP contribution in [-0.2, 0) is 17.9 Å². The van der Waals surface area contributed by atoms with Crippen molar-refractivity contribution in [1.29, 1.82) is 0 Å². The van der Waals surface area contributed by atoms with Gasteiger partial charge in [0, 0.05) is 19.7 Å². The van der Waals surface area contributed by atoms with Crippen LogP contribution < -0.4 is 14.8 Å². The molecule has 1 amide bonds. The molecule has 0 aromatic heterocycles. The van der Waals surface area contributed by atoms with E-state index in [2.05, 4.69) is 5.32 Å². The molecule has 0 fully saturated rings. The van der Waals surface area contributed by atoms with E-state index in [1.807, 2.05) is 24.3 Å². The highest BCUT2D eigenvalue weighted by atomic mass is 16.5. The second-order valence-electron chi connectivity index (χ2n) is 5.00. The Hall–Kier alpha value is -2.53. The van der Waals surface area contributed by atoms with Crippen LogP contribution in [0.15, 0.2) is 42.5 Å². The fraction of sp³-hybridized carbons (Fsp3) is 0.278. The lowest BCUT2D eigenvalue weighted by atomic mass is 10.1. The highest BCUT2D eigenvalue weighted by Gasteiger charge is 2.13. The molecule has 0 spiro atoms. The summed E-state index contributed by atoms with van der Waals surface area (Å²) in [6.45, 7) is 1.02. The molecular weight excluding hydrogens is 294 g/mol. The molecular formula is C18H21NO4. The first-order valence-corrected chi connectivity index (χ1v) is 7.25. The third-order valence-electron chi connectivity index (χ3n) is 3.44. The molecule has 2 rings (SSSR count). The normalized spacial score (nSPS) is 10.2. The molecule has 0 unspecified atom stereocenters. The molecule has 122 valence electrons. The summed E-state index contributed by atoms with van der Waals surface area (Å²) in [5.74, 6) is 0.940. The van der Waals surface area contributed by atoms with Crippen molar-refractivity contribution in [3.63, 3.8) is 0 Å². The average molecular weight is 315 g/mol. The largest absolute Gasteiger partial charge is 0.497 e. The van der Waals surface area contributed by atoms with E-state index in [0.29, 0.717) is 30.2 Å². The number of amides is 1. The van der Waals surface area contributed by atoms with Gasteiger partial charge in [-0.25, -0.2) is 0 Å². The molecule has 0 radical (unpaired) electrons. The molecule has 2 aromatic rings. The third-order valence-corrected chi connectivity index (χ3v) is 3.44. The second kappa shape index (κ2) is 8.19. The Balaban J connectivity index is 2.01. The quantitative estimate of drug-likeness (QED) is 0.853. The Bertz CT molecular complexity index is 653. The minimum Gasteiger partial charge on any atom is -0.497 e. The van der Waals surface area contributed by atoms with E-state index >= 15 is 0 Å². The number of nitrogens with one attached hydrogen (secondary N) is 1. The zero-order valence-electron chi connectivity index (χ0n) is 13.6. The van der Waals surface area contributed by atoms with E-state index in [0.717, 1.165) is 11.1 Å². The lowest BCUT2D eigenvalue weighted by Gasteiger charge is -2.11. The number of rotatable bonds is 7. The SMILES string of the molecule is COCc1ccc(CNC(=O)c2ccc(OC)cc2OC)cc1. The summed E-state index contributed by atoms with van der Waals surface area (Å²) in [6, 6.07) is 13.0. The topological polar surface area (TPSA) is 56.8 Å². The van der Waals surface area contributed by atoms with E-state index in [9.17, 15) is 4.79 Å². The van der Waals surface area contributed by atoms with Gasteiger partial charge in [0.2, 0.25) is 0 Å². The van der Waals surface area contributed by atoms with Gasteiger partial charge >= 0.3 is 0 Å². The minimum absolute atomic E-state index is 0.189. The minimum atomic E-state index is -0.189.